The lowest BCUT2D eigenvalue weighted by molar-refractivity contribution is -0.137. The zero-order valence-electron chi connectivity index (χ0n) is 18.3. The molecule has 1 saturated carbocycles. The van der Waals surface area contributed by atoms with Crippen molar-refractivity contribution in [1.82, 2.24) is 19.6 Å². The molecule has 2 aliphatic rings. The maximum Gasteiger partial charge on any atom is 0.323 e. The molecule has 1 aliphatic heterocycles. The minimum Gasteiger partial charge on any atom is -0.480 e. The Morgan fingerprint density at radius 2 is 1.60 bits per heavy atom. The second-order valence-electron chi connectivity index (χ2n) is 8.92. The highest BCUT2D eigenvalue weighted by Crippen LogP contribution is 2.48. The smallest absolute Gasteiger partial charge is 0.323 e. The number of hydrogen-bond donors (Lipinski definition) is 1. The van der Waals surface area contributed by atoms with Gasteiger partial charge in [-0.3, -0.25) is 14.5 Å². The van der Waals surface area contributed by atoms with E-state index in [1.165, 1.54) is 15.4 Å². The molecule has 8 heteroatoms. The van der Waals surface area contributed by atoms with Gasteiger partial charge in [-0.2, -0.15) is 0 Å². The Balaban J connectivity index is 1.90. The predicted octanol–water partition coefficient (Wildman–Crippen LogP) is 1.67. The van der Waals surface area contributed by atoms with Gasteiger partial charge in [0.2, 0.25) is 5.91 Å². The monoisotopic (exact) mass is 416 g/mol. The summed E-state index contributed by atoms with van der Waals surface area (Å²) in [6.07, 6.45) is 3.07. The van der Waals surface area contributed by atoms with Crippen molar-refractivity contribution in [3.63, 3.8) is 0 Å². The normalized spacial score (nSPS) is 26.5. The second-order valence-corrected chi connectivity index (χ2v) is 8.92. The van der Waals surface area contributed by atoms with E-state index in [0.717, 1.165) is 12.8 Å². The Kier molecular flexibility index (Phi) is 6.08. The summed E-state index contributed by atoms with van der Waals surface area (Å²) >= 11 is 0. The van der Waals surface area contributed by atoms with Gasteiger partial charge in [0.05, 0.1) is 5.54 Å². The summed E-state index contributed by atoms with van der Waals surface area (Å²) in [5.74, 6) is -1.20. The van der Waals surface area contributed by atoms with Crippen molar-refractivity contribution in [3.05, 3.63) is 35.9 Å². The molecule has 0 bridgehead atoms. The number of rotatable bonds is 6. The molecular weight excluding hydrogens is 384 g/mol. The fraction of sp³-hybridized carbons (Fsp3) is 0.591. The van der Waals surface area contributed by atoms with Crippen LogP contribution in [-0.4, -0.2) is 96.0 Å². The number of nitrogens with zero attached hydrogens (tertiary/aromatic N) is 4. The predicted molar refractivity (Wildman–Crippen MR) is 113 cm³/mol. The third-order valence-corrected chi connectivity index (χ3v) is 6.85. The van der Waals surface area contributed by atoms with Crippen LogP contribution in [0.5, 0.6) is 0 Å². The van der Waals surface area contributed by atoms with Crippen LogP contribution in [0.25, 0.3) is 0 Å². The number of carboxylic acid groups (broad SMARTS) is 1. The van der Waals surface area contributed by atoms with Crippen molar-refractivity contribution in [2.45, 2.75) is 36.8 Å². The summed E-state index contributed by atoms with van der Waals surface area (Å²) in [7, 11) is 7.49. The SMILES string of the molecule is CN(C)C(=O)CN1C(=O)N(CC(=O)O)C[C@]12CC[C@@](c1ccccc1)(N(C)C)CC2. The van der Waals surface area contributed by atoms with Gasteiger partial charge < -0.3 is 19.8 Å². The molecular formula is C22H32N4O4. The van der Waals surface area contributed by atoms with Crippen LogP contribution in [0.15, 0.2) is 30.3 Å². The Hall–Kier alpha value is -2.61. The van der Waals surface area contributed by atoms with Crippen molar-refractivity contribution in [2.75, 3.05) is 47.8 Å². The van der Waals surface area contributed by atoms with Crippen molar-refractivity contribution in [3.8, 4) is 0 Å². The van der Waals surface area contributed by atoms with Crippen LogP contribution in [0.1, 0.15) is 31.2 Å². The van der Waals surface area contributed by atoms with Crippen LogP contribution in [-0.2, 0) is 15.1 Å². The number of amides is 3. The highest BCUT2D eigenvalue weighted by Gasteiger charge is 2.55. The van der Waals surface area contributed by atoms with Gasteiger partial charge in [0, 0.05) is 26.2 Å². The van der Waals surface area contributed by atoms with Crippen LogP contribution < -0.4 is 0 Å². The van der Waals surface area contributed by atoms with Crippen LogP contribution in [0.2, 0.25) is 0 Å². The molecule has 0 aromatic heterocycles. The fourth-order valence-electron chi connectivity index (χ4n) is 4.98. The van der Waals surface area contributed by atoms with E-state index in [4.69, 9.17) is 0 Å². The molecule has 1 aliphatic carbocycles. The Morgan fingerprint density at radius 3 is 2.10 bits per heavy atom. The van der Waals surface area contributed by atoms with Crippen molar-refractivity contribution >= 4 is 17.9 Å². The summed E-state index contributed by atoms with van der Waals surface area (Å²) in [6, 6.07) is 10.0. The van der Waals surface area contributed by atoms with E-state index in [0.29, 0.717) is 19.4 Å². The van der Waals surface area contributed by atoms with Crippen molar-refractivity contribution in [1.29, 1.82) is 0 Å². The Bertz CT molecular complexity index is 801. The molecule has 3 amide bonds. The highest BCUT2D eigenvalue weighted by molar-refractivity contribution is 5.87. The van der Waals surface area contributed by atoms with Gasteiger partial charge in [-0.25, -0.2) is 4.79 Å². The van der Waals surface area contributed by atoms with E-state index in [1.54, 1.807) is 19.0 Å². The standard InChI is InChI=1S/C22H32N4O4/c1-23(2)18(27)14-26-20(30)25(15-19(28)29)16-21(26)10-12-22(13-11-21,24(3)4)17-8-6-5-7-9-17/h5-9H,10-16H2,1-4H3,(H,28,29)/t21-,22-. The first-order valence-corrected chi connectivity index (χ1v) is 10.3. The van der Waals surface area contributed by atoms with Gasteiger partial charge in [0.1, 0.15) is 13.1 Å². The van der Waals surface area contributed by atoms with E-state index in [1.807, 2.05) is 18.2 Å². The Morgan fingerprint density at radius 1 is 1.00 bits per heavy atom. The van der Waals surface area contributed by atoms with Crippen molar-refractivity contribution in [2.24, 2.45) is 0 Å². The molecule has 30 heavy (non-hydrogen) atoms. The van der Waals surface area contributed by atoms with E-state index in [2.05, 4.69) is 31.1 Å². The molecule has 1 aromatic carbocycles. The van der Waals surface area contributed by atoms with Gasteiger partial charge in [-0.15, -0.1) is 0 Å². The molecule has 3 rings (SSSR count). The molecule has 1 N–H and O–H groups in total. The van der Waals surface area contributed by atoms with Gasteiger partial charge >= 0.3 is 12.0 Å². The van der Waals surface area contributed by atoms with Gasteiger partial charge in [-0.1, -0.05) is 30.3 Å². The molecule has 1 aromatic rings. The first kappa shape index (κ1) is 22.1. The van der Waals surface area contributed by atoms with Crippen LogP contribution >= 0.6 is 0 Å². The summed E-state index contributed by atoms with van der Waals surface area (Å²) in [6.45, 7) is -0.0237. The molecule has 1 spiro atoms. The topological polar surface area (TPSA) is 84.4 Å². The summed E-state index contributed by atoms with van der Waals surface area (Å²) in [5, 5.41) is 9.25. The van der Waals surface area contributed by atoms with Crippen LogP contribution in [0.3, 0.4) is 0 Å². The number of hydrogen-bond acceptors (Lipinski definition) is 4. The molecule has 8 nitrogen and oxygen atoms in total. The molecule has 1 saturated heterocycles. The van der Waals surface area contributed by atoms with Gasteiger partial charge in [-0.05, 0) is 45.3 Å². The van der Waals surface area contributed by atoms with Gasteiger partial charge in [0.15, 0.2) is 0 Å². The fourth-order valence-corrected chi connectivity index (χ4v) is 4.98. The minimum atomic E-state index is -1.04. The molecule has 1 heterocycles. The largest absolute Gasteiger partial charge is 0.480 e. The molecule has 164 valence electrons. The number of carbonyl (C=O) groups excluding carboxylic acids is 2. The highest BCUT2D eigenvalue weighted by atomic mass is 16.4. The summed E-state index contributed by atoms with van der Waals surface area (Å²) in [5.41, 5.74) is 0.576. The van der Waals surface area contributed by atoms with Crippen LogP contribution in [0.4, 0.5) is 4.79 Å². The average molecular weight is 417 g/mol. The van der Waals surface area contributed by atoms with Crippen molar-refractivity contribution < 1.29 is 19.5 Å². The van der Waals surface area contributed by atoms with E-state index in [9.17, 15) is 19.5 Å². The average Bonchev–Trinajstić information content (AvgIpc) is 2.94. The van der Waals surface area contributed by atoms with Crippen LogP contribution in [0, 0.1) is 0 Å². The lowest BCUT2D eigenvalue weighted by Gasteiger charge is -2.51. The molecule has 0 radical (unpaired) electrons. The molecule has 0 atom stereocenters. The zero-order chi connectivity index (χ0) is 22.1. The van der Waals surface area contributed by atoms with Gasteiger partial charge in [0.25, 0.3) is 0 Å². The third-order valence-electron chi connectivity index (χ3n) is 6.85. The maximum atomic E-state index is 13.0. The quantitative estimate of drug-likeness (QED) is 0.763. The number of urea groups is 1. The first-order chi connectivity index (χ1) is 14.1. The lowest BCUT2D eigenvalue weighted by Crippen LogP contribution is -2.57. The number of benzene rings is 1. The number of carbonyl (C=O) groups is 3. The minimum absolute atomic E-state index is 0.0255. The second kappa shape index (κ2) is 8.26. The van der Waals surface area contributed by atoms with E-state index in [-0.39, 0.29) is 30.6 Å². The summed E-state index contributed by atoms with van der Waals surface area (Å²) in [4.78, 5) is 43.5. The maximum absolute atomic E-state index is 13.0. The first-order valence-electron chi connectivity index (χ1n) is 10.3. The lowest BCUT2D eigenvalue weighted by atomic mass is 9.68. The number of likely N-dealkylation sites (N-methyl/N-ethyl adjacent to an activating group) is 1. The zero-order valence-corrected chi connectivity index (χ0v) is 18.3. The number of carboxylic acids is 1. The van der Waals surface area contributed by atoms with E-state index < -0.39 is 11.5 Å². The Labute approximate surface area is 178 Å². The summed E-state index contributed by atoms with van der Waals surface area (Å²) < 4.78 is 0. The number of aliphatic carboxylic acids is 1. The molecule has 2 fully saturated rings. The third kappa shape index (κ3) is 3.88. The van der Waals surface area contributed by atoms with E-state index >= 15 is 0 Å². The molecule has 0 unspecified atom stereocenters.